The van der Waals surface area contributed by atoms with E-state index in [1.807, 2.05) is 22.7 Å². The van der Waals surface area contributed by atoms with Crippen molar-refractivity contribution >= 4 is 37.3 Å². The molecule has 492 valence electrons. The van der Waals surface area contributed by atoms with Crippen molar-refractivity contribution in [2.24, 2.45) is 17.8 Å². The van der Waals surface area contributed by atoms with E-state index in [-0.39, 0.29) is 80.3 Å². The SMILES string of the molecule is C.C.C.C.CC(=O)N1CC[C@@H](Cc2cc(C(C)(C)C)ncn2)C1.CCS(=O)(=O)CCCc1cc(C(C)(C)C)ncn1.CCS(=O)(=O)CCN1CCC(Cc2cc(C(C)(C)C)ncn2)CC1.CSCCN1CCC(Cc2cc(C(C)(C)C)ncn2)CC1. The number of hydrogen-bond acceptors (Lipinski definition) is 16. The molecule has 1 amide bonds. The Labute approximate surface area is 530 Å². The van der Waals surface area contributed by atoms with Crippen LogP contribution in [0.5, 0.6) is 0 Å². The third kappa shape index (κ3) is 30.4. The van der Waals surface area contributed by atoms with Crippen LogP contribution in [-0.2, 0) is 71.8 Å². The highest BCUT2D eigenvalue weighted by molar-refractivity contribution is 7.98. The van der Waals surface area contributed by atoms with Gasteiger partial charge in [-0.2, -0.15) is 11.8 Å². The molecule has 16 nitrogen and oxygen atoms in total. The van der Waals surface area contributed by atoms with Gasteiger partial charge in [0, 0.05) is 118 Å². The van der Waals surface area contributed by atoms with Crippen molar-refractivity contribution in [2.45, 2.75) is 219 Å². The van der Waals surface area contributed by atoms with Gasteiger partial charge >= 0.3 is 0 Å². The summed E-state index contributed by atoms with van der Waals surface area (Å²) in [5, 5.41) is 0. The Balaban J connectivity index is 0.00000111. The topological polar surface area (TPSA) is 198 Å². The zero-order chi connectivity index (χ0) is 60.9. The van der Waals surface area contributed by atoms with Crippen molar-refractivity contribution in [3.63, 3.8) is 0 Å². The van der Waals surface area contributed by atoms with Gasteiger partial charge in [0.1, 0.15) is 35.1 Å². The summed E-state index contributed by atoms with van der Waals surface area (Å²) in [4.78, 5) is 53.1. The van der Waals surface area contributed by atoms with Crippen LogP contribution in [-0.4, -0.2) is 165 Å². The normalized spacial score (nSPS) is 16.5. The predicted octanol–water partition coefficient (Wildman–Crippen LogP) is 12.7. The van der Waals surface area contributed by atoms with Gasteiger partial charge in [-0.15, -0.1) is 0 Å². The smallest absolute Gasteiger partial charge is 0.219 e. The number of aryl methyl sites for hydroxylation is 1. The maximum Gasteiger partial charge on any atom is 0.219 e. The van der Waals surface area contributed by atoms with E-state index in [0.29, 0.717) is 31.2 Å². The van der Waals surface area contributed by atoms with E-state index in [9.17, 15) is 21.6 Å². The molecule has 3 saturated heterocycles. The van der Waals surface area contributed by atoms with Crippen molar-refractivity contribution in [1.29, 1.82) is 0 Å². The minimum absolute atomic E-state index is 0. The molecule has 0 aliphatic carbocycles. The Morgan fingerprint density at radius 1 is 0.488 bits per heavy atom. The molecule has 3 aliphatic rings. The maximum absolute atomic E-state index is 11.6. The summed E-state index contributed by atoms with van der Waals surface area (Å²) in [5.41, 5.74) is 8.89. The number of hydrogen-bond donors (Lipinski definition) is 0. The van der Waals surface area contributed by atoms with Gasteiger partial charge in [0.15, 0.2) is 9.84 Å². The van der Waals surface area contributed by atoms with Gasteiger partial charge in [0.2, 0.25) is 5.91 Å². The number of likely N-dealkylation sites (tertiary alicyclic amines) is 3. The lowest BCUT2D eigenvalue weighted by molar-refractivity contribution is -0.127. The van der Waals surface area contributed by atoms with Gasteiger partial charge in [-0.3, -0.25) is 4.79 Å². The van der Waals surface area contributed by atoms with Gasteiger partial charge < -0.3 is 14.7 Å². The Morgan fingerprint density at radius 2 is 0.814 bits per heavy atom. The van der Waals surface area contributed by atoms with Crippen LogP contribution in [0.2, 0.25) is 0 Å². The minimum atomic E-state index is -2.87. The van der Waals surface area contributed by atoms with Crippen LogP contribution in [0.15, 0.2) is 49.6 Å². The molecule has 4 aromatic rings. The third-order valence-corrected chi connectivity index (χ3v) is 19.8. The fourth-order valence-corrected chi connectivity index (χ4v) is 12.1. The fraction of sp³-hybridized carbons (Fsp3) is 0.746. The summed E-state index contributed by atoms with van der Waals surface area (Å²) >= 11 is 1.94. The van der Waals surface area contributed by atoms with Crippen molar-refractivity contribution in [3.05, 3.63) is 95.1 Å². The van der Waals surface area contributed by atoms with E-state index >= 15 is 0 Å². The summed E-state index contributed by atoms with van der Waals surface area (Å²) in [5.74, 6) is 4.37. The first-order valence-corrected chi connectivity index (χ1v) is 35.2. The number of sulfone groups is 2. The largest absolute Gasteiger partial charge is 0.343 e. The van der Waals surface area contributed by atoms with E-state index in [2.05, 4.69) is 157 Å². The molecular weight excluding hydrogens is 1140 g/mol. The molecule has 7 rings (SSSR count). The molecule has 0 aromatic carbocycles. The number of rotatable bonds is 18. The quantitative estimate of drug-likeness (QED) is 0.0910. The first kappa shape index (κ1) is 82.0. The summed E-state index contributed by atoms with van der Waals surface area (Å²) in [6, 6.07) is 8.43. The Hall–Kier alpha value is -4.04. The van der Waals surface area contributed by atoms with E-state index < -0.39 is 19.7 Å². The second kappa shape index (κ2) is 37.8. The number of carbonyl (C=O) groups is 1. The van der Waals surface area contributed by atoms with Crippen LogP contribution in [0.4, 0.5) is 0 Å². The predicted molar refractivity (Wildman–Crippen MR) is 365 cm³/mol. The molecule has 4 aromatic heterocycles. The number of piperidine rings is 2. The van der Waals surface area contributed by atoms with Crippen LogP contribution in [0.1, 0.15) is 218 Å². The van der Waals surface area contributed by atoms with Gasteiger partial charge in [-0.1, -0.05) is 127 Å². The molecule has 0 radical (unpaired) electrons. The standard InChI is InChI=1S/C18H31N3O2S.C17H29N3S.C15H23N3O.C13H22N2O2S.4CH4/c1-5-24(22,23)11-10-21-8-6-15(7-9-21)12-16-13-17(18(2,3)4)20-14-19-16;1-17(2,3)16-12-15(18-13-19-16)11-14-5-7-20(8-6-14)9-10-21-4;1-11(19)18-6-5-12(9-18)7-13-8-14(15(2,3)4)17-10-16-13;1-5-18(16,17)8-6-7-11-9-12(13(2,3)4)15-10-14-11;;;;/h13-15H,5-12H2,1-4H3;12-14H,5-11H2,1-4H3;8,10,12H,5-7,9H2,1-4H3;9-10H,5-8H2,1-4H3;4*1H4/t;;12-;;;;;/m..0...../s1. The highest BCUT2D eigenvalue weighted by atomic mass is 32.2. The van der Waals surface area contributed by atoms with Crippen molar-refractivity contribution in [3.8, 4) is 0 Å². The van der Waals surface area contributed by atoms with Crippen molar-refractivity contribution < 1.29 is 21.6 Å². The highest BCUT2D eigenvalue weighted by Gasteiger charge is 2.27. The Morgan fingerprint density at radius 3 is 1.15 bits per heavy atom. The monoisotopic (exact) mass is 1260 g/mol. The minimum Gasteiger partial charge on any atom is -0.343 e. The zero-order valence-corrected chi connectivity index (χ0v) is 55.7. The van der Waals surface area contributed by atoms with E-state index in [1.165, 1.54) is 43.9 Å². The van der Waals surface area contributed by atoms with E-state index in [0.717, 1.165) is 110 Å². The lowest BCUT2D eigenvalue weighted by atomic mass is 9.89. The molecular formula is C67H121N11O5S3. The number of amides is 1. The Bertz CT molecular complexity index is 2780. The van der Waals surface area contributed by atoms with Gasteiger partial charge in [0.25, 0.3) is 0 Å². The average molecular weight is 1260 g/mol. The van der Waals surface area contributed by atoms with Gasteiger partial charge in [-0.05, 0) is 139 Å². The maximum atomic E-state index is 11.6. The molecule has 1 atom stereocenters. The fourth-order valence-electron chi connectivity index (χ4n) is 9.95. The molecule has 19 heteroatoms. The molecule has 7 heterocycles. The summed E-state index contributed by atoms with van der Waals surface area (Å²) < 4.78 is 46.0. The van der Waals surface area contributed by atoms with E-state index in [1.54, 1.807) is 46.1 Å². The molecule has 0 spiro atoms. The summed E-state index contributed by atoms with van der Waals surface area (Å²) in [6.07, 6.45) is 19.1. The molecule has 3 fully saturated rings. The second-order valence-electron chi connectivity index (χ2n) is 26.9. The lowest BCUT2D eigenvalue weighted by Gasteiger charge is -2.31. The number of aromatic nitrogens is 8. The van der Waals surface area contributed by atoms with Crippen LogP contribution in [0.3, 0.4) is 0 Å². The Kier molecular flexibility index (Phi) is 36.1. The molecule has 0 unspecified atom stereocenters. The van der Waals surface area contributed by atoms with Crippen molar-refractivity contribution in [2.75, 3.05) is 87.4 Å². The highest BCUT2D eigenvalue weighted by Crippen LogP contribution is 2.28. The molecule has 86 heavy (non-hydrogen) atoms. The van der Waals surface area contributed by atoms with Crippen LogP contribution >= 0.6 is 11.8 Å². The van der Waals surface area contributed by atoms with Crippen LogP contribution in [0, 0.1) is 17.8 Å². The van der Waals surface area contributed by atoms with Crippen molar-refractivity contribution in [1.82, 2.24) is 54.6 Å². The van der Waals surface area contributed by atoms with Crippen LogP contribution < -0.4 is 0 Å². The van der Waals surface area contributed by atoms with Gasteiger partial charge in [0.05, 0.1) is 11.5 Å². The van der Waals surface area contributed by atoms with Crippen LogP contribution in [0.25, 0.3) is 0 Å². The number of carbonyl (C=O) groups excluding carboxylic acids is 1. The summed E-state index contributed by atoms with van der Waals surface area (Å²) in [6.45, 7) is 39.1. The molecule has 0 saturated carbocycles. The van der Waals surface area contributed by atoms with Gasteiger partial charge in [-0.25, -0.2) is 56.7 Å². The van der Waals surface area contributed by atoms with E-state index in [4.69, 9.17) is 0 Å². The lowest BCUT2D eigenvalue weighted by Crippen LogP contribution is -2.37. The third-order valence-electron chi connectivity index (χ3n) is 15.7. The molecule has 0 N–H and O–H groups in total. The molecule has 0 bridgehead atoms. The number of thioether (sulfide) groups is 1. The first-order valence-electron chi connectivity index (χ1n) is 30.1. The second-order valence-corrected chi connectivity index (χ2v) is 32.9. The number of nitrogens with zero attached hydrogens (tertiary/aromatic N) is 11. The molecule has 3 aliphatic heterocycles. The first-order chi connectivity index (χ1) is 38.3. The zero-order valence-electron chi connectivity index (χ0n) is 53.3. The summed E-state index contributed by atoms with van der Waals surface area (Å²) in [7, 11) is -5.73. The average Bonchev–Trinajstić information content (AvgIpc) is 3.97.